The standard InChI is InChI=1S/C14H20O/c1-11-6-8-12(9-7-11)13-4-2-3-5-14(15)10-13/h6-9,13-15H,2-5,10H2,1H3/t13-,14-/m1/s1. The predicted octanol–water partition coefficient (Wildman–Crippen LogP) is 3.40. The molecule has 15 heavy (non-hydrogen) atoms. The van der Waals surface area contributed by atoms with Crippen LogP contribution in [0.5, 0.6) is 0 Å². The number of hydrogen-bond donors (Lipinski definition) is 1. The smallest absolute Gasteiger partial charge is 0.0546 e. The van der Waals surface area contributed by atoms with Crippen molar-refractivity contribution in [2.75, 3.05) is 0 Å². The first-order valence-corrected chi connectivity index (χ1v) is 6.00. The van der Waals surface area contributed by atoms with Gasteiger partial charge in [0.15, 0.2) is 0 Å². The summed E-state index contributed by atoms with van der Waals surface area (Å²) < 4.78 is 0. The summed E-state index contributed by atoms with van der Waals surface area (Å²) in [4.78, 5) is 0. The van der Waals surface area contributed by atoms with Crippen molar-refractivity contribution in [1.82, 2.24) is 0 Å². The number of aryl methyl sites for hydroxylation is 1. The summed E-state index contributed by atoms with van der Waals surface area (Å²) in [6.45, 7) is 2.12. The van der Waals surface area contributed by atoms with E-state index in [4.69, 9.17) is 0 Å². The molecular formula is C14H20O. The van der Waals surface area contributed by atoms with Crippen LogP contribution >= 0.6 is 0 Å². The molecule has 82 valence electrons. The minimum absolute atomic E-state index is 0.0844. The van der Waals surface area contributed by atoms with Crippen molar-refractivity contribution >= 4 is 0 Å². The SMILES string of the molecule is Cc1ccc([C@@H]2CCCC[C@@H](O)C2)cc1. The molecule has 1 aliphatic carbocycles. The lowest BCUT2D eigenvalue weighted by atomic mass is 9.91. The molecule has 0 unspecified atom stereocenters. The van der Waals surface area contributed by atoms with Gasteiger partial charge in [-0.3, -0.25) is 0 Å². The summed E-state index contributed by atoms with van der Waals surface area (Å²) >= 11 is 0. The first kappa shape index (κ1) is 10.7. The Hall–Kier alpha value is -0.820. The molecule has 2 rings (SSSR count). The molecule has 0 spiro atoms. The van der Waals surface area contributed by atoms with E-state index in [0.717, 1.165) is 12.8 Å². The van der Waals surface area contributed by atoms with Crippen LogP contribution in [-0.4, -0.2) is 11.2 Å². The van der Waals surface area contributed by atoms with Crippen LogP contribution < -0.4 is 0 Å². The fraction of sp³-hybridized carbons (Fsp3) is 0.571. The topological polar surface area (TPSA) is 20.2 Å². The van der Waals surface area contributed by atoms with Crippen LogP contribution in [0.3, 0.4) is 0 Å². The molecule has 0 radical (unpaired) electrons. The maximum atomic E-state index is 9.78. The summed E-state index contributed by atoms with van der Waals surface area (Å²) in [6, 6.07) is 8.79. The molecule has 1 aliphatic rings. The van der Waals surface area contributed by atoms with Crippen molar-refractivity contribution in [3.8, 4) is 0 Å². The van der Waals surface area contributed by atoms with E-state index in [2.05, 4.69) is 31.2 Å². The quantitative estimate of drug-likeness (QED) is 0.695. The molecule has 0 aromatic heterocycles. The van der Waals surface area contributed by atoms with Crippen LogP contribution in [0.2, 0.25) is 0 Å². The third-order valence-electron chi connectivity index (χ3n) is 3.45. The molecule has 1 nitrogen and oxygen atoms in total. The summed E-state index contributed by atoms with van der Waals surface area (Å²) in [5, 5.41) is 9.78. The van der Waals surface area contributed by atoms with E-state index in [1.807, 2.05) is 0 Å². The van der Waals surface area contributed by atoms with Gasteiger partial charge in [-0.1, -0.05) is 42.7 Å². The highest BCUT2D eigenvalue weighted by atomic mass is 16.3. The Labute approximate surface area is 92.1 Å². The highest BCUT2D eigenvalue weighted by Crippen LogP contribution is 2.31. The number of rotatable bonds is 1. The molecule has 2 atom stereocenters. The zero-order valence-corrected chi connectivity index (χ0v) is 9.45. The third-order valence-corrected chi connectivity index (χ3v) is 3.45. The Morgan fingerprint density at radius 3 is 2.47 bits per heavy atom. The molecule has 0 saturated heterocycles. The van der Waals surface area contributed by atoms with Gasteiger partial charge in [-0.05, 0) is 37.7 Å². The summed E-state index contributed by atoms with van der Waals surface area (Å²) in [7, 11) is 0. The fourth-order valence-electron chi connectivity index (χ4n) is 2.48. The second kappa shape index (κ2) is 4.80. The van der Waals surface area contributed by atoms with Crippen LogP contribution in [0.25, 0.3) is 0 Å². The predicted molar refractivity (Wildman–Crippen MR) is 63.0 cm³/mol. The van der Waals surface area contributed by atoms with E-state index in [0.29, 0.717) is 5.92 Å². The van der Waals surface area contributed by atoms with Gasteiger partial charge < -0.3 is 5.11 Å². The first-order chi connectivity index (χ1) is 7.25. The van der Waals surface area contributed by atoms with Crippen LogP contribution in [0.15, 0.2) is 24.3 Å². The second-order valence-corrected chi connectivity index (χ2v) is 4.78. The first-order valence-electron chi connectivity index (χ1n) is 6.00. The normalized spacial score (nSPS) is 27.3. The van der Waals surface area contributed by atoms with E-state index in [1.54, 1.807) is 0 Å². The van der Waals surface area contributed by atoms with Gasteiger partial charge in [0.2, 0.25) is 0 Å². The Bertz CT molecular complexity index is 302. The molecule has 1 aromatic carbocycles. The Morgan fingerprint density at radius 1 is 1.07 bits per heavy atom. The molecule has 0 heterocycles. The minimum Gasteiger partial charge on any atom is -0.393 e. The van der Waals surface area contributed by atoms with Crippen molar-refractivity contribution in [2.45, 2.75) is 51.0 Å². The average Bonchev–Trinajstić information content (AvgIpc) is 2.44. The van der Waals surface area contributed by atoms with Gasteiger partial charge >= 0.3 is 0 Å². The molecule has 1 saturated carbocycles. The Morgan fingerprint density at radius 2 is 1.73 bits per heavy atom. The fourth-order valence-corrected chi connectivity index (χ4v) is 2.48. The zero-order valence-electron chi connectivity index (χ0n) is 9.45. The molecular weight excluding hydrogens is 184 g/mol. The molecule has 1 heteroatoms. The molecule has 1 N–H and O–H groups in total. The van der Waals surface area contributed by atoms with E-state index >= 15 is 0 Å². The monoisotopic (exact) mass is 204 g/mol. The second-order valence-electron chi connectivity index (χ2n) is 4.78. The van der Waals surface area contributed by atoms with Gasteiger partial charge in [-0.25, -0.2) is 0 Å². The van der Waals surface area contributed by atoms with E-state index in [9.17, 15) is 5.11 Å². The summed E-state index contributed by atoms with van der Waals surface area (Å²) in [5.74, 6) is 0.572. The number of aliphatic hydroxyl groups excluding tert-OH is 1. The van der Waals surface area contributed by atoms with Gasteiger partial charge in [0.25, 0.3) is 0 Å². The van der Waals surface area contributed by atoms with E-state index in [-0.39, 0.29) is 6.10 Å². The van der Waals surface area contributed by atoms with Gasteiger partial charge in [-0.15, -0.1) is 0 Å². The summed E-state index contributed by atoms with van der Waals surface area (Å²) in [6.07, 6.45) is 5.53. The highest BCUT2D eigenvalue weighted by Gasteiger charge is 2.19. The van der Waals surface area contributed by atoms with E-state index < -0.39 is 0 Å². The maximum Gasteiger partial charge on any atom is 0.0546 e. The molecule has 0 aliphatic heterocycles. The average molecular weight is 204 g/mol. The Kier molecular flexibility index (Phi) is 3.42. The van der Waals surface area contributed by atoms with E-state index in [1.165, 1.54) is 30.4 Å². The lowest BCUT2D eigenvalue weighted by molar-refractivity contribution is 0.152. The van der Waals surface area contributed by atoms with Gasteiger partial charge in [0.05, 0.1) is 6.10 Å². The minimum atomic E-state index is -0.0844. The zero-order chi connectivity index (χ0) is 10.7. The maximum absolute atomic E-state index is 9.78. The van der Waals surface area contributed by atoms with Gasteiger partial charge in [0, 0.05) is 0 Å². The van der Waals surface area contributed by atoms with Crippen LogP contribution in [0, 0.1) is 6.92 Å². The van der Waals surface area contributed by atoms with Crippen molar-refractivity contribution in [1.29, 1.82) is 0 Å². The van der Waals surface area contributed by atoms with Gasteiger partial charge in [-0.2, -0.15) is 0 Å². The molecule has 1 fully saturated rings. The van der Waals surface area contributed by atoms with Gasteiger partial charge in [0.1, 0.15) is 0 Å². The number of benzene rings is 1. The molecule has 0 bridgehead atoms. The number of aliphatic hydroxyl groups is 1. The lowest BCUT2D eigenvalue weighted by Crippen LogP contribution is -2.09. The third kappa shape index (κ3) is 2.82. The van der Waals surface area contributed by atoms with Crippen molar-refractivity contribution in [3.63, 3.8) is 0 Å². The largest absolute Gasteiger partial charge is 0.393 e. The van der Waals surface area contributed by atoms with Crippen molar-refractivity contribution in [2.24, 2.45) is 0 Å². The lowest BCUT2D eigenvalue weighted by Gasteiger charge is -2.16. The molecule has 1 aromatic rings. The van der Waals surface area contributed by atoms with Crippen molar-refractivity contribution in [3.05, 3.63) is 35.4 Å². The Balaban J connectivity index is 2.11. The van der Waals surface area contributed by atoms with Crippen molar-refractivity contribution < 1.29 is 5.11 Å². The van der Waals surface area contributed by atoms with Crippen LogP contribution in [-0.2, 0) is 0 Å². The van der Waals surface area contributed by atoms with Crippen LogP contribution in [0.1, 0.15) is 49.1 Å². The number of hydrogen-bond acceptors (Lipinski definition) is 1. The summed E-state index contributed by atoms with van der Waals surface area (Å²) in [5.41, 5.74) is 2.72. The molecule has 0 amide bonds. The van der Waals surface area contributed by atoms with Crippen LogP contribution in [0.4, 0.5) is 0 Å². The highest BCUT2D eigenvalue weighted by molar-refractivity contribution is 5.24.